The number of hydrogen-bond acceptors (Lipinski definition) is 3. The van der Waals surface area contributed by atoms with Crippen LogP contribution in [-0.2, 0) is 16.2 Å². The fraction of sp³-hybridized carbons (Fsp3) is 0.160. The Morgan fingerprint density at radius 1 is 0.974 bits per heavy atom. The highest BCUT2D eigenvalue weighted by Crippen LogP contribution is 2.32. The summed E-state index contributed by atoms with van der Waals surface area (Å²) in [4.78, 5) is 3.41. The summed E-state index contributed by atoms with van der Waals surface area (Å²) >= 11 is 6.06. The highest BCUT2D eigenvalue weighted by atomic mass is 35.5. The third kappa shape index (κ3) is 6.32. The van der Waals surface area contributed by atoms with Crippen LogP contribution in [0.1, 0.15) is 29.0 Å². The maximum absolute atomic E-state index is 13.0. The van der Waals surface area contributed by atoms with Gasteiger partial charge in [0.15, 0.2) is 5.96 Å². The van der Waals surface area contributed by atoms with Gasteiger partial charge in [-0.2, -0.15) is 31.7 Å². The average molecular weight is 563 g/mol. The van der Waals surface area contributed by atoms with Gasteiger partial charge in [-0.05, 0) is 53.9 Å². The van der Waals surface area contributed by atoms with E-state index in [9.17, 15) is 21.6 Å². The lowest BCUT2D eigenvalue weighted by Crippen LogP contribution is -2.37. The van der Waals surface area contributed by atoms with Crippen LogP contribution in [0.3, 0.4) is 0 Å². The molecule has 1 aliphatic heterocycles. The van der Waals surface area contributed by atoms with Crippen LogP contribution >= 0.6 is 11.6 Å². The molecular formula is C25H22ClF3N6O2S. The summed E-state index contributed by atoms with van der Waals surface area (Å²) in [6.07, 6.45) is -4.12. The van der Waals surface area contributed by atoms with E-state index in [2.05, 4.69) is 14.5 Å². The van der Waals surface area contributed by atoms with Crippen molar-refractivity contribution in [3.63, 3.8) is 0 Å². The van der Waals surface area contributed by atoms with E-state index < -0.39 is 38.6 Å². The first-order chi connectivity index (χ1) is 17.9. The summed E-state index contributed by atoms with van der Waals surface area (Å²) in [6.45, 7) is 0.203. The number of hydrazone groups is 1. The van der Waals surface area contributed by atoms with Crippen molar-refractivity contribution in [2.24, 2.45) is 26.0 Å². The predicted molar refractivity (Wildman–Crippen MR) is 140 cm³/mol. The average Bonchev–Trinajstić information content (AvgIpc) is 2.88. The van der Waals surface area contributed by atoms with E-state index in [-0.39, 0.29) is 12.5 Å². The lowest BCUT2D eigenvalue weighted by atomic mass is 9.86. The number of guanidine groups is 2. The van der Waals surface area contributed by atoms with Crippen LogP contribution in [0.5, 0.6) is 0 Å². The zero-order chi connectivity index (χ0) is 27.5. The summed E-state index contributed by atoms with van der Waals surface area (Å²) in [5.41, 5.74) is 12.4. The highest BCUT2D eigenvalue weighted by molar-refractivity contribution is 7.90. The Balaban J connectivity index is 1.78. The SMILES string of the molecule is NC(N)=N/C(=N\S(=O)(=O)c1ccc(C(F)(F)F)cc1)N1CCC(c2ccccc2)C(c2ccc(Cl)cc2)=N1. The van der Waals surface area contributed by atoms with Gasteiger partial charge in [0.2, 0.25) is 0 Å². The van der Waals surface area contributed by atoms with E-state index in [1.807, 2.05) is 30.3 Å². The van der Waals surface area contributed by atoms with E-state index in [4.69, 9.17) is 23.1 Å². The number of rotatable bonds is 4. The normalized spacial score (nSPS) is 16.6. The van der Waals surface area contributed by atoms with Crippen molar-refractivity contribution in [1.29, 1.82) is 0 Å². The molecule has 1 unspecified atom stereocenters. The molecule has 0 aromatic heterocycles. The van der Waals surface area contributed by atoms with Crippen molar-refractivity contribution >= 4 is 39.3 Å². The Morgan fingerprint density at radius 2 is 1.61 bits per heavy atom. The van der Waals surface area contributed by atoms with Crippen molar-refractivity contribution in [2.45, 2.75) is 23.4 Å². The minimum atomic E-state index is -4.62. The Hall–Kier alpha value is -3.90. The summed E-state index contributed by atoms with van der Waals surface area (Å²) in [5.74, 6) is -1.04. The largest absolute Gasteiger partial charge is 0.416 e. The second kappa shape index (κ2) is 10.8. The van der Waals surface area contributed by atoms with E-state index in [1.165, 1.54) is 5.01 Å². The molecule has 0 fully saturated rings. The van der Waals surface area contributed by atoms with Crippen LogP contribution in [0.2, 0.25) is 5.02 Å². The molecule has 198 valence electrons. The molecule has 3 aromatic rings. The number of aliphatic imine (C=N–C) groups is 1. The van der Waals surface area contributed by atoms with Crippen molar-refractivity contribution in [2.75, 3.05) is 6.54 Å². The van der Waals surface area contributed by atoms with Crippen molar-refractivity contribution < 1.29 is 21.6 Å². The molecule has 0 saturated heterocycles. The summed E-state index contributed by atoms with van der Waals surface area (Å²) < 4.78 is 68.5. The molecule has 0 aliphatic carbocycles. The first-order valence-electron chi connectivity index (χ1n) is 11.2. The molecule has 13 heteroatoms. The number of nitrogens with two attached hydrogens (primary N) is 2. The number of benzene rings is 3. The van der Waals surface area contributed by atoms with Gasteiger partial charge in [-0.25, -0.2) is 5.01 Å². The fourth-order valence-corrected chi connectivity index (χ4v) is 4.95. The molecule has 0 bridgehead atoms. The zero-order valence-corrected chi connectivity index (χ0v) is 21.2. The molecule has 0 saturated carbocycles. The fourth-order valence-electron chi connectivity index (χ4n) is 3.89. The Kier molecular flexibility index (Phi) is 7.74. The Morgan fingerprint density at radius 3 is 2.18 bits per heavy atom. The smallest absolute Gasteiger partial charge is 0.370 e. The van der Waals surface area contributed by atoms with Gasteiger partial charge in [-0.1, -0.05) is 54.1 Å². The summed E-state index contributed by atoms with van der Waals surface area (Å²) in [5, 5.41) is 6.45. The van der Waals surface area contributed by atoms with Gasteiger partial charge in [-0.15, -0.1) is 4.40 Å². The minimum absolute atomic E-state index is 0.138. The molecule has 8 nitrogen and oxygen atoms in total. The van der Waals surface area contributed by atoms with Crippen molar-refractivity contribution in [3.05, 3.63) is 101 Å². The third-order valence-corrected chi connectivity index (χ3v) is 7.19. The van der Waals surface area contributed by atoms with Crippen LogP contribution in [-0.4, -0.2) is 37.6 Å². The van der Waals surface area contributed by atoms with Gasteiger partial charge in [-0.3, -0.25) is 0 Å². The van der Waals surface area contributed by atoms with Crippen LogP contribution < -0.4 is 11.5 Å². The van der Waals surface area contributed by atoms with Gasteiger partial charge in [0.05, 0.1) is 16.2 Å². The van der Waals surface area contributed by atoms with Crippen molar-refractivity contribution in [3.8, 4) is 0 Å². The molecule has 1 heterocycles. The predicted octanol–water partition coefficient (Wildman–Crippen LogP) is 4.57. The van der Waals surface area contributed by atoms with Crippen LogP contribution in [0.25, 0.3) is 0 Å². The standard InChI is InChI=1S/C25H22ClF3N6O2S/c26-19-10-6-17(7-11-19)22-21(16-4-2-1-3-5-16)14-15-35(33-22)24(32-23(30)31)34-38(36,37)20-12-8-18(9-13-20)25(27,28)29/h1-13,21H,14-15H2,(H4,30,31,32,34). The van der Waals surface area contributed by atoms with Gasteiger partial charge in [0, 0.05) is 17.5 Å². The lowest BCUT2D eigenvalue weighted by Gasteiger charge is -2.30. The Labute approximate surface area is 222 Å². The maximum atomic E-state index is 13.0. The number of nitrogens with zero attached hydrogens (tertiary/aromatic N) is 4. The van der Waals surface area contributed by atoms with Crippen LogP contribution in [0.15, 0.2) is 98.2 Å². The van der Waals surface area contributed by atoms with Crippen LogP contribution in [0.4, 0.5) is 13.2 Å². The minimum Gasteiger partial charge on any atom is -0.370 e. The quantitative estimate of drug-likeness (QED) is 0.356. The molecule has 38 heavy (non-hydrogen) atoms. The van der Waals surface area contributed by atoms with E-state index in [0.29, 0.717) is 29.3 Å². The first-order valence-corrected chi connectivity index (χ1v) is 13.0. The van der Waals surface area contributed by atoms with Gasteiger partial charge in [0.25, 0.3) is 16.0 Å². The maximum Gasteiger partial charge on any atom is 0.416 e. The lowest BCUT2D eigenvalue weighted by molar-refractivity contribution is -0.137. The molecule has 1 atom stereocenters. The summed E-state index contributed by atoms with van der Waals surface area (Å²) in [6, 6.07) is 19.6. The van der Waals surface area contributed by atoms with Crippen LogP contribution in [0, 0.1) is 0 Å². The molecule has 0 amide bonds. The summed E-state index contributed by atoms with van der Waals surface area (Å²) in [7, 11) is -4.50. The van der Waals surface area contributed by atoms with E-state index >= 15 is 0 Å². The number of alkyl halides is 3. The molecule has 4 rings (SSSR count). The number of hydrogen-bond donors (Lipinski definition) is 2. The van der Waals surface area contributed by atoms with Gasteiger partial charge >= 0.3 is 6.18 Å². The van der Waals surface area contributed by atoms with E-state index in [1.54, 1.807) is 24.3 Å². The second-order valence-corrected chi connectivity index (χ2v) is 10.3. The monoisotopic (exact) mass is 562 g/mol. The Bertz CT molecular complexity index is 1490. The molecule has 4 N–H and O–H groups in total. The first kappa shape index (κ1) is 27.1. The highest BCUT2D eigenvalue weighted by Gasteiger charge is 2.32. The second-order valence-electron chi connectivity index (χ2n) is 8.29. The molecule has 0 spiro atoms. The molecule has 0 radical (unpaired) electrons. The molecule has 3 aromatic carbocycles. The van der Waals surface area contributed by atoms with Gasteiger partial charge in [0.1, 0.15) is 0 Å². The molecular weight excluding hydrogens is 541 g/mol. The third-order valence-electron chi connectivity index (χ3n) is 5.67. The van der Waals surface area contributed by atoms with E-state index in [0.717, 1.165) is 23.3 Å². The van der Waals surface area contributed by atoms with Gasteiger partial charge < -0.3 is 11.5 Å². The topological polar surface area (TPSA) is 126 Å². The number of sulfonamides is 1. The number of halogens is 4. The molecule has 1 aliphatic rings. The zero-order valence-electron chi connectivity index (χ0n) is 19.7. The van der Waals surface area contributed by atoms with Crippen molar-refractivity contribution in [1.82, 2.24) is 5.01 Å².